The molecular weight excluding hydrogens is 258 g/mol. The van der Waals surface area contributed by atoms with E-state index in [-0.39, 0.29) is 12.1 Å². The van der Waals surface area contributed by atoms with E-state index in [4.69, 9.17) is 4.52 Å². The number of aryl methyl sites for hydroxylation is 2. The SMILES string of the molecule is Cc1cc(NC(=O)N[C@@H]2CCCc3c2cnn3C)no1. The minimum Gasteiger partial charge on any atom is -0.360 e. The van der Waals surface area contributed by atoms with Crippen LogP contribution in [-0.4, -0.2) is 21.0 Å². The highest BCUT2D eigenvalue weighted by atomic mass is 16.5. The van der Waals surface area contributed by atoms with E-state index in [1.807, 2.05) is 17.9 Å². The second-order valence-electron chi connectivity index (χ2n) is 5.04. The largest absolute Gasteiger partial charge is 0.360 e. The van der Waals surface area contributed by atoms with E-state index in [2.05, 4.69) is 20.9 Å². The van der Waals surface area contributed by atoms with Crippen LogP contribution in [0.2, 0.25) is 0 Å². The lowest BCUT2D eigenvalue weighted by molar-refractivity contribution is 0.246. The lowest BCUT2D eigenvalue weighted by Crippen LogP contribution is -2.34. The summed E-state index contributed by atoms with van der Waals surface area (Å²) < 4.78 is 6.79. The summed E-state index contributed by atoms with van der Waals surface area (Å²) in [7, 11) is 1.93. The van der Waals surface area contributed by atoms with Crippen molar-refractivity contribution in [1.29, 1.82) is 0 Å². The van der Waals surface area contributed by atoms with Gasteiger partial charge in [-0.15, -0.1) is 0 Å². The molecular formula is C13H17N5O2. The number of aromatic nitrogens is 3. The van der Waals surface area contributed by atoms with E-state index in [0.29, 0.717) is 11.6 Å². The summed E-state index contributed by atoms with van der Waals surface area (Å²) in [6.45, 7) is 1.78. The third-order valence-electron chi connectivity index (χ3n) is 3.55. The van der Waals surface area contributed by atoms with E-state index in [9.17, 15) is 4.79 Å². The molecule has 1 atom stereocenters. The first-order valence-electron chi connectivity index (χ1n) is 6.65. The van der Waals surface area contributed by atoms with Gasteiger partial charge < -0.3 is 9.84 Å². The van der Waals surface area contributed by atoms with Gasteiger partial charge in [0.25, 0.3) is 0 Å². The molecule has 0 unspecified atom stereocenters. The van der Waals surface area contributed by atoms with Crippen molar-refractivity contribution in [1.82, 2.24) is 20.3 Å². The highest BCUT2D eigenvalue weighted by Crippen LogP contribution is 2.29. The molecule has 2 N–H and O–H groups in total. The topological polar surface area (TPSA) is 85.0 Å². The van der Waals surface area contributed by atoms with Crippen molar-refractivity contribution >= 4 is 11.8 Å². The summed E-state index contributed by atoms with van der Waals surface area (Å²) in [5.74, 6) is 1.08. The highest BCUT2D eigenvalue weighted by molar-refractivity contribution is 5.88. The molecule has 0 spiro atoms. The van der Waals surface area contributed by atoms with E-state index < -0.39 is 0 Å². The number of carbonyl (C=O) groups is 1. The average molecular weight is 275 g/mol. The molecule has 1 aliphatic carbocycles. The maximum absolute atomic E-state index is 12.0. The predicted molar refractivity (Wildman–Crippen MR) is 72.3 cm³/mol. The van der Waals surface area contributed by atoms with Crippen molar-refractivity contribution < 1.29 is 9.32 Å². The van der Waals surface area contributed by atoms with Crippen molar-refractivity contribution in [3.8, 4) is 0 Å². The number of rotatable bonds is 2. The second-order valence-corrected chi connectivity index (χ2v) is 5.04. The molecule has 7 heteroatoms. The van der Waals surface area contributed by atoms with Crippen LogP contribution in [0.5, 0.6) is 0 Å². The monoisotopic (exact) mass is 275 g/mol. The molecule has 106 valence electrons. The number of hydrogen-bond donors (Lipinski definition) is 2. The molecule has 0 aliphatic heterocycles. The Morgan fingerprint density at radius 2 is 2.40 bits per heavy atom. The van der Waals surface area contributed by atoms with Gasteiger partial charge in [-0.1, -0.05) is 5.16 Å². The fourth-order valence-electron chi connectivity index (χ4n) is 2.59. The maximum atomic E-state index is 12.0. The number of carbonyl (C=O) groups excluding carboxylic acids is 1. The molecule has 7 nitrogen and oxygen atoms in total. The first kappa shape index (κ1) is 12.7. The molecule has 0 fully saturated rings. The van der Waals surface area contributed by atoms with Crippen LogP contribution in [0.15, 0.2) is 16.8 Å². The van der Waals surface area contributed by atoms with Crippen LogP contribution in [0.1, 0.15) is 35.9 Å². The first-order chi connectivity index (χ1) is 9.63. The number of fused-ring (bicyclic) bond motifs is 1. The number of anilines is 1. The van der Waals surface area contributed by atoms with Crippen molar-refractivity contribution in [3.05, 3.63) is 29.3 Å². The second kappa shape index (κ2) is 4.99. The van der Waals surface area contributed by atoms with Crippen molar-refractivity contribution in [2.24, 2.45) is 7.05 Å². The standard InChI is InChI=1S/C13H17N5O2/c1-8-6-12(17-20-8)16-13(19)15-10-4-3-5-11-9(10)7-14-18(11)2/h6-7,10H,3-5H2,1-2H3,(H2,15,16,17,19)/t10-/m1/s1. The van der Waals surface area contributed by atoms with E-state index in [1.165, 1.54) is 5.69 Å². The molecule has 2 amide bonds. The van der Waals surface area contributed by atoms with Gasteiger partial charge in [-0.25, -0.2) is 4.79 Å². The zero-order valence-electron chi connectivity index (χ0n) is 11.5. The van der Waals surface area contributed by atoms with Gasteiger partial charge in [0.15, 0.2) is 5.82 Å². The van der Waals surface area contributed by atoms with Crippen molar-refractivity contribution in [2.75, 3.05) is 5.32 Å². The number of nitrogens with one attached hydrogen (secondary N) is 2. The van der Waals surface area contributed by atoms with Crippen LogP contribution in [0.25, 0.3) is 0 Å². The van der Waals surface area contributed by atoms with Gasteiger partial charge in [-0.05, 0) is 26.2 Å². The normalized spacial score (nSPS) is 17.6. The Morgan fingerprint density at radius 3 is 3.15 bits per heavy atom. The number of urea groups is 1. The van der Waals surface area contributed by atoms with Crippen LogP contribution in [0, 0.1) is 6.92 Å². The average Bonchev–Trinajstić information content (AvgIpc) is 2.98. The Kier molecular flexibility index (Phi) is 3.17. The molecule has 0 aromatic carbocycles. The van der Waals surface area contributed by atoms with Crippen LogP contribution < -0.4 is 10.6 Å². The molecule has 3 rings (SSSR count). The molecule has 0 saturated heterocycles. The van der Waals surface area contributed by atoms with Crippen LogP contribution >= 0.6 is 0 Å². The molecule has 2 aromatic rings. The first-order valence-corrected chi connectivity index (χ1v) is 6.65. The molecule has 2 aromatic heterocycles. The third-order valence-corrected chi connectivity index (χ3v) is 3.55. The molecule has 1 aliphatic rings. The zero-order chi connectivity index (χ0) is 14.1. The fourth-order valence-corrected chi connectivity index (χ4v) is 2.59. The predicted octanol–water partition coefficient (Wildman–Crippen LogP) is 1.92. The molecule has 2 heterocycles. The Morgan fingerprint density at radius 1 is 1.55 bits per heavy atom. The summed E-state index contributed by atoms with van der Waals surface area (Å²) >= 11 is 0. The Bertz CT molecular complexity index is 630. The summed E-state index contributed by atoms with van der Waals surface area (Å²) in [5.41, 5.74) is 2.30. The Labute approximate surface area is 116 Å². The minimum atomic E-state index is -0.278. The van der Waals surface area contributed by atoms with Crippen molar-refractivity contribution in [2.45, 2.75) is 32.2 Å². The number of nitrogens with zero attached hydrogens (tertiary/aromatic N) is 3. The van der Waals surface area contributed by atoms with Gasteiger partial charge in [0.2, 0.25) is 0 Å². The fraction of sp³-hybridized carbons (Fsp3) is 0.462. The van der Waals surface area contributed by atoms with Gasteiger partial charge in [0.1, 0.15) is 5.76 Å². The quantitative estimate of drug-likeness (QED) is 0.876. The molecule has 0 saturated carbocycles. The van der Waals surface area contributed by atoms with Crippen LogP contribution in [-0.2, 0) is 13.5 Å². The molecule has 20 heavy (non-hydrogen) atoms. The summed E-state index contributed by atoms with van der Waals surface area (Å²) in [5, 5.41) is 13.6. The third kappa shape index (κ3) is 2.38. The van der Waals surface area contributed by atoms with E-state index >= 15 is 0 Å². The summed E-state index contributed by atoms with van der Waals surface area (Å²) in [6.07, 6.45) is 4.80. The lowest BCUT2D eigenvalue weighted by atomic mass is 9.93. The lowest BCUT2D eigenvalue weighted by Gasteiger charge is -2.23. The molecule has 0 bridgehead atoms. The van der Waals surface area contributed by atoms with Gasteiger partial charge in [0.05, 0.1) is 12.2 Å². The van der Waals surface area contributed by atoms with Crippen molar-refractivity contribution in [3.63, 3.8) is 0 Å². The summed E-state index contributed by atoms with van der Waals surface area (Å²) in [6, 6.07) is 1.40. The Balaban J connectivity index is 1.68. The Hall–Kier alpha value is -2.31. The van der Waals surface area contributed by atoms with E-state index in [0.717, 1.165) is 24.8 Å². The maximum Gasteiger partial charge on any atom is 0.320 e. The van der Waals surface area contributed by atoms with Gasteiger partial charge >= 0.3 is 6.03 Å². The van der Waals surface area contributed by atoms with Gasteiger partial charge in [-0.2, -0.15) is 5.10 Å². The van der Waals surface area contributed by atoms with Crippen LogP contribution in [0.3, 0.4) is 0 Å². The highest BCUT2D eigenvalue weighted by Gasteiger charge is 2.24. The number of amides is 2. The smallest absolute Gasteiger partial charge is 0.320 e. The van der Waals surface area contributed by atoms with Crippen LogP contribution in [0.4, 0.5) is 10.6 Å². The number of hydrogen-bond acceptors (Lipinski definition) is 4. The van der Waals surface area contributed by atoms with Gasteiger partial charge in [0, 0.05) is 24.4 Å². The van der Waals surface area contributed by atoms with E-state index in [1.54, 1.807) is 13.0 Å². The van der Waals surface area contributed by atoms with Gasteiger partial charge in [-0.3, -0.25) is 10.00 Å². The zero-order valence-corrected chi connectivity index (χ0v) is 11.5. The minimum absolute atomic E-state index is 0.000415. The summed E-state index contributed by atoms with van der Waals surface area (Å²) in [4.78, 5) is 12.0. The molecule has 0 radical (unpaired) electrons.